The van der Waals surface area contributed by atoms with Crippen molar-refractivity contribution >= 4 is 39.9 Å². The number of carboxylic acid groups (broad SMARTS) is 1. The van der Waals surface area contributed by atoms with E-state index in [0.29, 0.717) is 25.6 Å². The number of carbonyl (C=O) groups is 3. The number of fused-ring (bicyclic) bond motifs is 5. The van der Waals surface area contributed by atoms with E-state index in [-0.39, 0.29) is 41.8 Å². The van der Waals surface area contributed by atoms with Crippen LogP contribution in [0.1, 0.15) is 89.4 Å². The molecular formula is C45H55N8O7+. The summed E-state index contributed by atoms with van der Waals surface area (Å²) in [6.07, 6.45) is 5.64. The Balaban J connectivity index is 0.943. The molecule has 7 atom stereocenters. The highest BCUT2D eigenvalue weighted by atomic mass is 16.7. The molecule has 60 heavy (non-hydrogen) atoms. The zero-order valence-corrected chi connectivity index (χ0v) is 34.6. The van der Waals surface area contributed by atoms with Crippen LogP contribution in [0.4, 0.5) is 9.59 Å². The Bertz CT molecular complexity index is 2410. The molecule has 2 aromatic heterocycles. The van der Waals surface area contributed by atoms with E-state index >= 15 is 0 Å². The predicted molar refractivity (Wildman–Crippen MR) is 223 cm³/mol. The molecule has 5 aromatic rings. The number of hydroxylamine groups is 2. The second-order valence-electron chi connectivity index (χ2n) is 17.5. The highest BCUT2D eigenvalue weighted by molar-refractivity contribution is 6.05. The molecule has 4 aliphatic rings. The molecule has 3 aliphatic heterocycles. The zero-order chi connectivity index (χ0) is 41.9. The largest absolute Gasteiger partial charge is 0.568 e. The number of amides is 3. The van der Waals surface area contributed by atoms with Crippen LogP contribution in [0.2, 0.25) is 0 Å². The average molecular weight is 820 g/mol. The number of ether oxygens (including phenoxy) is 2. The minimum atomic E-state index is -1.25. The number of hydrogen-bond acceptors (Lipinski definition) is 9. The van der Waals surface area contributed by atoms with Gasteiger partial charge in [-0.05, 0) is 103 Å². The van der Waals surface area contributed by atoms with Crippen molar-refractivity contribution in [1.82, 2.24) is 35.2 Å². The van der Waals surface area contributed by atoms with Gasteiger partial charge in [0.1, 0.15) is 23.7 Å². The average Bonchev–Trinajstić information content (AvgIpc) is 4.13. The first-order valence-electron chi connectivity index (χ1n) is 21.4. The zero-order valence-electron chi connectivity index (χ0n) is 34.6. The van der Waals surface area contributed by atoms with Crippen molar-refractivity contribution in [2.24, 2.45) is 17.8 Å². The summed E-state index contributed by atoms with van der Waals surface area (Å²) in [6.45, 7) is 7.41. The monoisotopic (exact) mass is 819 g/mol. The molecule has 1 saturated carbocycles. The Morgan fingerprint density at radius 1 is 0.933 bits per heavy atom. The van der Waals surface area contributed by atoms with E-state index in [9.17, 15) is 24.7 Å². The third kappa shape index (κ3) is 6.90. The van der Waals surface area contributed by atoms with Crippen LogP contribution in [0.15, 0.2) is 60.8 Å². The van der Waals surface area contributed by atoms with Gasteiger partial charge in [0.25, 0.3) is 0 Å². The number of hydrogen-bond donors (Lipinski definition) is 5. The molecule has 15 heteroatoms. The minimum Gasteiger partial charge on any atom is -0.453 e. The first-order valence-corrected chi connectivity index (χ1v) is 21.4. The summed E-state index contributed by atoms with van der Waals surface area (Å²) >= 11 is 0. The van der Waals surface area contributed by atoms with Crippen LogP contribution in [0.25, 0.3) is 44.2 Å². The van der Waals surface area contributed by atoms with Crippen LogP contribution in [-0.2, 0) is 14.3 Å². The maximum Gasteiger partial charge on any atom is 0.568 e. The quantitative estimate of drug-likeness (QED) is 0.0526. The molecule has 316 valence electrons. The predicted octanol–water partition coefficient (Wildman–Crippen LogP) is 7.96. The molecule has 3 aromatic carbocycles. The molecule has 9 rings (SSSR count). The van der Waals surface area contributed by atoms with Gasteiger partial charge in [-0.2, -0.15) is 10.0 Å². The number of piperidine rings is 1. The van der Waals surface area contributed by atoms with Crippen LogP contribution < -0.4 is 5.32 Å². The van der Waals surface area contributed by atoms with Gasteiger partial charge in [0.2, 0.25) is 5.91 Å². The van der Waals surface area contributed by atoms with Gasteiger partial charge in [-0.15, -0.1) is 0 Å². The maximum absolute atomic E-state index is 13.6. The van der Waals surface area contributed by atoms with Gasteiger partial charge >= 0.3 is 12.2 Å². The molecule has 0 radical (unpaired) electrons. The number of aromatic nitrogens is 4. The summed E-state index contributed by atoms with van der Waals surface area (Å²) < 4.78 is 9.21. The van der Waals surface area contributed by atoms with Crippen LogP contribution in [0.5, 0.6) is 0 Å². The summed E-state index contributed by atoms with van der Waals surface area (Å²) in [4.78, 5) is 57.4. The molecule has 5 N–H and O–H groups in total. The number of alkyl carbamates (subject to hydrolysis) is 1. The number of methoxy groups -OCH3 is 1. The van der Waals surface area contributed by atoms with E-state index in [1.54, 1.807) is 6.20 Å². The molecule has 4 unspecified atom stereocenters. The minimum absolute atomic E-state index is 0.0254. The summed E-state index contributed by atoms with van der Waals surface area (Å²) in [5.74, 6) is 1.38. The summed E-state index contributed by atoms with van der Waals surface area (Å²) in [6, 6.07) is 16.9. The fraction of sp³-hybridized carbons (Fsp3) is 0.489. The molecule has 15 nitrogen and oxygen atoms in total. The van der Waals surface area contributed by atoms with E-state index in [0.717, 1.165) is 95.0 Å². The standard InChI is InChI=1S/C45H54N8O7/c1-25(2)38(50-44(55)59-4)43(54)51-19-5-6-37(51)41-46-24-36(48-41)29-9-7-28(8-10-29)30-12-15-34-31(22-30)13-16-35-39(34)49-42(47-35)40-32-11-14-33(23-32)52(40)53(58,45(56)57)26(3)27-17-20-60-21-18-27/h7-10,12-13,15-16,22,24-27,32-33,37-38,40,58H,5-6,11,14,17-21,23H2,1-4H3,(H3-,46,47,48,49,50,55,56,57)/p+1/t26?,32-,33+,37?,38?,40-,53?/m0/s1. The van der Waals surface area contributed by atoms with Crippen LogP contribution in [-0.4, -0.2) is 108 Å². The normalized spacial score (nSPS) is 24.3. The number of quaternary nitrogens is 1. The highest BCUT2D eigenvalue weighted by Crippen LogP contribution is 2.53. The number of benzene rings is 3. The Kier molecular flexibility index (Phi) is 10.6. The molecule has 0 spiro atoms. The maximum atomic E-state index is 13.6. The number of carbonyl (C=O) groups excluding carboxylic acids is 2. The van der Waals surface area contributed by atoms with Crippen molar-refractivity contribution in [2.45, 2.75) is 95.9 Å². The molecule has 3 saturated heterocycles. The van der Waals surface area contributed by atoms with Crippen molar-refractivity contribution in [3.8, 4) is 22.4 Å². The number of aromatic amines is 2. The van der Waals surface area contributed by atoms with Crippen LogP contribution in [0, 0.1) is 17.8 Å². The van der Waals surface area contributed by atoms with E-state index < -0.39 is 29.0 Å². The third-order valence-electron chi connectivity index (χ3n) is 13.8. The summed E-state index contributed by atoms with van der Waals surface area (Å²) in [5.41, 5.74) is 5.64. The van der Waals surface area contributed by atoms with Crippen molar-refractivity contribution in [1.29, 1.82) is 0 Å². The molecule has 2 bridgehead atoms. The topological polar surface area (TPSA) is 186 Å². The van der Waals surface area contributed by atoms with Gasteiger partial charge in [-0.25, -0.2) is 14.8 Å². The van der Waals surface area contributed by atoms with E-state index in [1.807, 2.05) is 36.7 Å². The Morgan fingerprint density at radius 2 is 1.68 bits per heavy atom. The van der Waals surface area contributed by atoms with E-state index in [2.05, 4.69) is 63.8 Å². The summed E-state index contributed by atoms with van der Waals surface area (Å²) in [7, 11) is 1.29. The van der Waals surface area contributed by atoms with Crippen molar-refractivity contribution in [2.75, 3.05) is 26.9 Å². The number of nitrogens with zero attached hydrogens (tertiary/aromatic N) is 5. The lowest BCUT2D eigenvalue weighted by Gasteiger charge is -2.45. The number of likely N-dealkylation sites (tertiary alicyclic amines) is 1. The molecular weight excluding hydrogens is 765 g/mol. The molecule has 3 amide bonds. The summed E-state index contributed by atoms with van der Waals surface area (Å²) in [5, 5.41) is 29.5. The van der Waals surface area contributed by atoms with Crippen LogP contribution >= 0.6 is 0 Å². The number of nitrogens with one attached hydrogen (secondary N) is 3. The van der Waals surface area contributed by atoms with Gasteiger partial charge in [0, 0.05) is 31.1 Å². The lowest BCUT2D eigenvalue weighted by atomic mass is 9.92. The number of rotatable bonds is 10. The van der Waals surface area contributed by atoms with E-state index in [4.69, 9.17) is 19.4 Å². The SMILES string of the molecule is COC(=O)NC(C(=O)N1CCCC1c1ncc(-c2ccc(-c3ccc4c(ccc5[nH]c([C@@H]6[C@H]7CC[C@H](C7)N6[N+](O)(C(=O)O)C(C)C6CCOCC6)nc54)c3)cc2)[nH]1)C(C)C. The van der Waals surface area contributed by atoms with E-state index in [1.165, 1.54) is 7.11 Å². The molecule has 4 fully saturated rings. The lowest BCUT2D eigenvalue weighted by molar-refractivity contribution is -1.15. The van der Waals surface area contributed by atoms with Crippen molar-refractivity contribution in [3.63, 3.8) is 0 Å². The molecule has 5 heterocycles. The third-order valence-corrected chi connectivity index (χ3v) is 13.8. The van der Waals surface area contributed by atoms with Crippen molar-refractivity contribution < 1.29 is 38.9 Å². The fourth-order valence-corrected chi connectivity index (χ4v) is 10.6. The lowest BCUT2D eigenvalue weighted by Crippen LogP contribution is -2.69. The van der Waals surface area contributed by atoms with Gasteiger partial charge in [0.15, 0.2) is 6.04 Å². The first kappa shape index (κ1) is 40.1. The van der Waals surface area contributed by atoms with Gasteiger partial charge < -0.3 is 34.8 Å². The second kappa shape index (κ2) is 15.9. The van der Waals surface area contributed by atoms with Gasteiger partial charge in [-0.1, -0.05) is 61.3 Å². The Morgan fingerprint density at radius 3 is 2.42 bits per heavy atom. The number of H-pyrrole nitrogens is 2. The number of imidazole rings is 2. The fourth-order valence-electron chi connectivity index (χ4n) is 10.6. The smallest absolute Gasteiger partial charge is 0.453 e. The molecule has 1 aliphatic carbocycles. The van der Waals surface area contributed by atoms with Gasteiger partial charge in [-0.3, -0.25) is 4.79 Å². The Labute approximate surface area is 348 Å². The highest BCUT2D eigenvalue weighted by Gasteiger charge is 2.64. The van der Waals surface area contributed by atoms with Crippen molar-refractivity contribution in [3.05, 3.63) is 72.4 Å². The van der Waals surface area contributed by atoms with Gasteiger partial charge in [0.05, 0.1) is 42.1 Å². The first-order chi connectivity index (χ1) is 29.0. The Hall–Kier alpha value is -5.35. The second-order valence-corrected chi connectivity index (χ2v) is 17.5. The van der Waals surface area contributed by atoms with Crippen LogP contribution in [0.3, 0.4) is 0 Å².